The van der Waals surface area contributed by atoms with Crippen LogP contribution in [0.15, 0.2) is 24.3 Å². The fraction of sp³-hybridized carbons (Fsp3) is 0.500. The van der Waals surface area contributed by atoms with Crippen molar-refractivity contribution in [3.05, 3.63) is 34.9 Å². The molecule has 2 atom stereocenters. The molecular weight excluding hydrogens is 243 g/mol. The third-order valence-corrected chi connectivity index (χ3v) is 3.41. The molecule has 4 heteroatoms. The maximum Gasteiger partial charge on any atom is 0.0406 e. The third kappa shape index (κ3) is 3.11. The first-order valence-electron chi connectivity index (χ1n) is 5.42. The van der Waals surface area contributed by atoms with Crippen molar-refractivity contribution in [1.82, 2.24) is 4.90 Å². The Kier molecular flexibility index (Phi) is 5.06. The van der Waals surface area contributed by atoms with Crippen LogP contribution in [0, 0.1) is 0 Å². The average Bonchev–Trinajstić information content (AvgIpc) is 2.65. The molecular formula is C12H18Cl2N2. The zero-order valence-electron chi connectivity index (χ0n) is 9.40. The fourth-order valence-corrected chi connectivity index (χ4v) is 2.25. The predicted molar refractivity (Wildman–Crippen MR) is 71.3 cm³/mol. The van der Waals surface area contributed by atoms with Crippen LogP contribution < -0.4 is 5.73 Å². The van der Waals surface area contributed by atoms with E-state index >= 15 is 0 Å². The Morgan fingerprint density at radius 2 is 2.00 bits per heavy atom. The molecule has 90 valence electrons. The summed E-state index contributed by atoms with van der Waals surface area (Å²) >= 11 is 5.87. The smallest absolute Gasteiger partial charge is 0.0406 e. The van der Waals surface area contributed by atoms with Crippen molar-refractivity contribution in [2.75, 3.05) is 13.1 Å². The highest BCUT2D eigenvalue weighted by Gasteiger charge is 2.24. The molecule has 1 aromatic carbocycles. The van der Waals surface area contributed by atoms with E-state index in [9.17, 15) is 0 Å². The van der Waals surface area contributed by atoms with E-state index in [1.165, 1.54) is 5.56 Å². The number of likely N-dealkylation sites (tertiary alicyclic amines) is 1. The van der Waals surface area contributed by atoms with Crippen LogP contribution in [0.3, 0.4) is 0 Å². The summed E-state index contributed by atoms with van der Waals surface area (Å²) in [6.07, 6.45) is 1.11. The molecule has 1 aromatic rings. The highest BCUT2D eigenvalue weighted by Crippen LogP contribution is 2.24. The maximum absolute atomic E-state index is 5.90. The van der Waals surface area contributed by atoms with Crippen LogP contribution in [-0.2, 0) is 0 Å². The molecule has 2 rings (SSSR count). The van der Waals surface area contributed by atoms with Crippen LogP contribution in [0.2, 0.25) is 5.02 Å². The first kappa shape index (κ1) is 13.8. The first-order chi connectivity index (χ1) is 7.16. The van der Waals surface area contributed by atoms with E-state index in [1.807, 2.05) is 12.1 Å². The molecule has 1 unspecified atom stereocenters. The molecule has 1 fully saturated rings. The van der Waals surface area contributed by atoms with Crippen molar-refractivity contribution in [3.8, 4) is 0 Å². The summed E-state index contributed by atoms with van der Waals surface area (Å²) in [5.74, 6) is 0. The normalized spacial score (nSPS) is 22.8. The van der Waals surface area contributed by atoms with Gasteiger partial charge in [-0.3, -0.25) is 4.90 Å². The van der Waals surface area contributed by atoms with E-state index in [1.54, 1.807) is 0 Å². The molecule has 0 bridgehead atoms. The Hall–Kier alpha value is -0.280. The van der Waals surface area contributed by atoms with E-state index in [0.717, 1.165) is 24.5 Å². The van der Waals surface area contributed by atoms with Crippen molar-refractivity contribution in [2.24, 2.45) is 5.73 Å². The molecule has 1 heterocycles. The maximum atomic E-state index is 5.90. The molecule has 0 aromatic heterocycles. The lowest BCUT2D eigenvalue weighted by Crippen LogP contribution is -2.28. The van der Waals surface area contributed by atoms with Gasteiger partial charge in [-0.2, -0.15) is 0 Å². The molecule has 2 N–H and O–H groups in total. The molecule has 0 radical (unpaired) electrons. The zero-order chi connectivity index (χ0) is 10.8. The topological polar surface area (TPSA) is 29.3 Å². The van der Waals surface area contributed by atoms with Gasteiger partial charge >= 0.3 is 0 Å². The quantitative estimate of drug-likeness (QED) is 0.887. The number of halogens is 2. The summed E-state index contributed by atoms with van der Waals surface area (Å²) in [4.78, 5) is 2.42. The Morgan fingerprint density at radius 1 is 1.38 bits per heavy atom. The summed E-state index contributed by atoms with van der Waals surface area (Å²) in [5, 5.41) is 0.795. The Morgan fingerprint density at radius 3 is 2.50 bits per heavy atom. The zero-order valence-corrected chi connectivity index (χ0v) is 11.0. The second-order valence-electron chi connectivity index (χ2n) is 4.27. The molecule has 1 aliphatic heterocycles. The van der Waals surface area contributed by atoms with E-state index in [-0.39, 0.29) is 12.4 Å². The van der Waals surface area contributed by atoms with Gasteiger partial charge in [0.2, 0.25) is 0 Å². The highest BCUT2D eigenvalue weighted by atomic mass is 35.5. The van der Waals surface area contributed by atoms with Crippen LogP contribution in [-0.4, -0.2) is 24.0 Å². The largest absolute Gasteiger partial charge is 0.326 e. The number of nitrogens with two attached hydrogens (primary N) is 1. The number of benzene rings is 1. The first-order valence-corrected chi connectivity index (χ1v) is 5.79. The van der Waals surface area contributed by atoms with Gasteiger partial charge in [0.15, 0.2) is 0 Å². The van der Waals surface area contributed by atoms with Gasteiger partial charge < -0.3 is 5.73 Å². The molecule has 16 heavy (non-hydrogen) atoms. The number of hydrogen-bond acceptors (Lipinski definition) is 2. The molecule has 0 aliphatic carbocycles. The van der Waals surface area contributed by atoms with E-state index < -0.39 is 0 Å². The van der Waals surface area contributed by atoms with Crippen molar-refractivity contribution in [3.63, 3.8) is 0 Å². The van der Waals surface area contributed by atoms with Crippen LogP contribution >= 0.6 is 24.0 Å². The molecule has 0 spiro atoms. The lowest BCUT2D eigenvalue weighted by atomic mass is 10.1. The van der Waals surface area contributed by atoms with Crippen LogP contribution in [0.25, 0.3) is 0 Å². The third-order valence-electron chi connectivity index (χ3n) is 3.16. The van der Waals surface area contributed by atoms with Gasteiger partial charge in [-0.1, -0.05) is 23.7 Å². The van der Waals surface area contributed by atoms with E-state index in [4.69, 9.17) is 17.3 Å². The lowest BCUT2D eigenvalue weighted by Gasteiger charge is -2.24. The van der Waals surface area contributed by atoms with E-state index in [2.05, 4.69) is 24.0 Å². The van der Waals surface area contributed by atoms with Gasteiger partial charge in [0.05, 0.1) is 0 Å². The van der Waals surface area contributed by atoms with Crippen LogP contribution in [0.1, 0.15) is 24.9 Å². The van der Waals surface area contributed by atoms with Gasteiger partial charge in [-0.15, -0.1) is 12.4 Å². The molecule has 2 nitrogen and oxygen atoms in total. The Balaban J connectivity index is 0.00000128. The minimum atomic E-state index is 0. The predicted octanol–water partition coefficient (Wildman–Crippen LogP) is 2.86. The SMILES string of the molecule is CC(c1ccc(Cl)cc1)N1CC[C@H](N)C1.Cl. The van der Waals surface area contributed by atoms with Crippen LogP contribution in [0.5, 0.6) is 0 Å². The second-order valence-corrected chi connectivity index (χ2v) is 4.71. The monoisotopic (exact) mass is 260 g/mol. The Bertz CT molecular complexity index is 326. The number of hydrogen-bond donors (Lipinski definition) is 1. The number of nitrogens with zero attached hydrogens (tertiary/aromatic N) is 1. The molecule has 1 aliphatic rings. The van der Waals surface area contributed by atoms with Gasteiger partial charge in [-0.05, 0) is 31.0 Å². The van der Waals surface area contributed by atoms with Crippen molar-refractivity contribution >= 4 is 24.0 Å². The fourth-order valence-electron chi connectivity index (χ4n) is 2.12. The Labute approximate surface area is 108 Å². The van der Waals surface area contributed by atoms with Gasteiger partial charge in [-0.25, -0.2) is 0 Å². The van der Waals surface area contributed by atoms with Crippen LogP contribution in [0.4, 0.5) is 0 Å². The second kappa shape index (κ2) is 5.87. The lowest BCUT2D eigenvalue weighted by molar-refractivity contribution is 0.260. The van der Waals surface area contributed by atoms with Gasteiger partial charge in [0.1, 0.15) is 0 Å². The minimum Gasteiger partial charge on any atom is -0.326 e. The van der Waals surface area contributed by atoms with Crippen molar-refractivity contribution < 1.29 is 0 Å². The highest BCUT2D eigenvalue weighted by molar-refractivity contribution is 6.30. The summed E-state index contributed by atoms with van der Waals surface area (Å²) in [7, 11) is 0. The van der Waals surface area contributed by atoms with Crippen molar-refractivity contribution in [2.45, 2.75) is 25.4 Å². The van der Waals surface area contributed by atoms with Crippen molar-refractivity contribution in [1.29, 1.82) is 0 Å². The standard InChI is InChI=1S/C12H17ClN2.ClH/c1-9(15-7-6-12(14)8-15)10-2-4-11(13)5-3-10;/h2-5,9,12H,6-8,14H2,1H3;1H/t9?,12-;/m0./s1. The van der Waals surface area contributed by atoms with E-state index in [0.29, 0.717) is 12.1 Å². The minimum absolute atomic E-state index is 0. The average molecular weight is 261 g/mol. The summed E-state index contributed by atoms with van der Waals surface area (Å²) in [5.41, 5.74) is 7.22. The molecule has 1 saturated heterocycles. The van der Waals surface area contributed by atoms with Gasteiger partial charge in [0.25, 0.3) is 0 Å². The summed E-state index contributed by atoms with van der Waals surface area (Å²) in [6.45, 7) is 4.33. The number of rotatable bonds is 2. The summed E-state index contributed by atoms with van der Waals surface area (Å²) in [6, 6.07) is 8.87. The molecule has 0 saturated carbocycles. The molecule has 0 amide bonds. The van der Waals surface area contributed by atoms with Gasteiger partial charge in [0, 0.05) is 30.2 Å². The summed E-state index contributed by atoms with van der Waals surface area (Å²) < 4.78 is 0.